The van der Waals surface area contributed by atoms with Crippen LogP contribution in [-0.4, -0.2) is 38.6 Å². The van der Waals surface area contributed by atoms with Crippen LogP contribution in [0.2, 0.25) is 0 Å². The van der Waals surface area contributed by atoms with Crippen LogP contribution >= 0.6 is 7.60 Å². The zero-order chi connectivity index (χ0) is 16.4. The Morgan fingerprint density at radius 3 is 2.27 bits per heavy atom. The predicted octanol–water partition coefficient (Wildman–Crippen LogP) is 2.58. The standard InChI is InChI=1S/C15H24NO5P/c1-4-20-22(18,21-5-2)12-16-14(15(17)19-3)11-13-9-7-6-8-10-13/h6-10,14,16H,4-5,11-12H2,1-3H3. The van der Waals surface area contributed by atoms with Crippen LogP contribution < -0.4 is 5.32 Å². The van der Waals surface area contributed by atoms with Crippen LogP contribution in [0.5, 0.6) is 0 Å². The highest BCUT2D eigenvalue weighted by Gasteiger charge is 2.27. The van der Waals surface area contributed by atoms with Crippen molar-refractivity contribution in [2.45, 2.75) is 26.3 Å². The summed E-state index contributed by atoms with van der Waals surface area (Å²) in [5.41, 5.74) is 0.980. The molecular formula is C15H24NO5P. The highest BCUT2D eigenvalue weighted by molar-refractivity contribution is 7.53. The van der Waals surface area contributed by atoms with Gasteiger partial charge in [-0.1, -0.05) is 30.3 Å². The fourth-order valence-corrected chi connectivity index (χ4v) is 3.46. The van der Waals surface area contributed by atoms with E-state index in [9.17, 15) is 9.36 Å². The number of nitrogens with one attached hydrogen (secondary N) is 1. The molecule has 0 saturated heterocycles. The Labute approximate surface area is 131 Å². The van der Waals surface area contributed by atoms with Gasteiger partial charge in [0.1, 0.15) is 6.04 Å². The van der Waals surface area contributed by atoms with Gasteiger partial charge in [0.05, 0.1) is 26.6 Å². The zero-order valence-electron chi connectivity index (χ0n) is 13.3. The number of methoxy groups -OCH3 is 1. The van der Waals surface area contributed by atoms with E-state index >= 15 is 0 Å². The number of hydrogen-bond donors (Lipinski definition) is 1. The molecule has 0 radical (unpaired) electrons. The summed E-state index contributed by atoms with van der Waals surface area (Å²) in [4.78, 5) is 11.9. The van der Waals surface area contributed by atoms with Crippen LogP contribution in [0.15, 0.2) is 30.3 Å². The molecule has 1 unspecified atom stereocenters. The molecule has 0 aliphatic heterocycles. The van der Waals surface area contributed by atoms with Crippen molar-refractivity contribution in [2.75, 3.05) is 26.6 Å². The molecule has 0 bridgehead atoms. The molecule has 0 aromatic heterocycles. The summed E-state index contributed by atoms with van der Waals surface area (Å²) in [7, 11) is -1.92. The van der Waals surface area contributed by atoms with E-state index in [0.29, 0.717) is 6.42 Å². The van der Waals surface area contributed by atoms with Crippen molar-refractivity contribution in [1.82, 2.24) is 5.32 Å². The first-order valence-electron chi connectivity index (χ1n) is 7.28. The normalized spacial score (nSPS) is 12.9. The molecule has 1 aromatic rings. The maximum atomic E-state index is 12.4. The van der Waals surface area contributed by atoms with E-state index in [1.54, 1.807) is 13.8 Å². The van der Waals surface area contributed by atoms with E-state index in [1.165, 1.54) is 7.11 Å². The van der Waals surface area contributed by atoms with Crippen molar-refractivity contribution in [1.29, 1.82) is 0 Å². The van der Waals surface area contributed by atoms with Gasteiger partial charge in [0.2, 0.25) is 0 Å². The molecule has 124 valence electrons. The van der Waals surface area contributed by atoms with Gasteiger partial charge in [-0.15, -0.1) is 0 Å². The molecule has 1 rings (SSSR count). The summed E-state index contributed by atoms with van der Waals surface area (Å²) in [6.45, 7) is 4.04. The van der Waals surface area contributed by atoms with Crippen molar-refractivity contribution in [3.05, 3.63) is 35.9 Å². The van der Waals surface area contributed by atoms with Gasteiger partial charge in [-0.3, -0.25) is 14.7 Å². The van der Waals surface area contributed by atoms with Gasteiger partial charge < -0.3 is 13.8 Å². The first-order valence-corrected chi connectivity index (χ1v) is 9.00. The van der Waals surface area contributed by atoms with Crippen molar-refractivity contribution >= 4 is 13.6 Å². The van der Waals surface area contributed by atoms with Gasteiger partial charge in [-0.2, -0.15) is 0 Å². The molecule has 6 nitrogen and oxygen atoms in total. The molecule has 0 aliphatic carbocycles. The second-order valence-corrected chi connectivity index (χ2v) is 6.63. The fraction of sp³-hybridized carbons (Fsp3) is 0.533. The summed E-state index contributed by atoms with van der Waals surface area (Å²) >= 11 is 0. The minimum absolute atomic E-state index is 0.0404. The van der Waals surface area contributed by atoms with Crippen molar-refractivity contribution in [3.8, 4) is 0 Å². The number of esters is 1. The smallest absolute Gasteiger partial charge is 0.344 e. The second kappa shape index (κ2) is 9.74. The number of hydrogen-bond acceptors (Lipinski definition) is 6. The first-order chi connectivity index (χ1) is 10.5. The number of ether oxygens (including phenoxy) is 1. The Morgan fingerprint density at radius 1 is 1.18 bits per heavy atom. The van der Waals surface area contributed by atoms with E-state index in [2.05, 4.69) is 5.32 Å². The van der Waals surface area contributed by atoms with Gasteiger partial charge in [-0.05, 0) is 25.8 Å². The minimum atomic E-state index is -3.25. The minimum Gasteiger partial charge on any atom is -0.468 e. The van der Waals surface area contributed by atoms with Crippen molar-refractivity contribution in [2.24, 2.45) is 0 Å². The van der Waals surface area contributed by atoms with Crippen LogP contribution in [0, 0.1) is 0 Å². The van der Waals surface area contributed by atoms with Gasteiger partial charge in [0.15, 0.2) is 0 Å². The van der Waals surface area contributed by atoms with Gasteiger partial charge in [0.25, 0.3) is 0 Å². The lowest BCUT2D eigenvalue weighted by Gasteiger charge is -2.21. The van der Waals surface area contributed by atoms with E-state index in [1.807, 2.05) is 30.3 Å². The van der Waals surface area contributed by atoms with Gasteiger partial charge in [-0.25, -0.2) is 0 Å². The van der Waals surface area contributed by atoms with Crippen LogP contribution in [0.4, 0.5) is 0 Å². The number of rotatable bonds is 10. The third-order valence-corrected chi connectivity index (χ3v) is 4.82. The lowest BCUT2D eigenvalue weighted by molar-refractivity contribution is -0.143. The fourth-order valence-electron chi connectivity index (χ4n) is 1.97. The number of carbonyl (C=O) groups excluding carboxylic acids is 1. The zero-order valence-corrected chi connectivity index (χ0v) is 14.2. The average molecular weight is 329 g/mol. The second-order valence-electron chi connectivity index (χ2n) is 4.57. The van der Waals surface area contributed by atoms with Crippen LogP contribution in [0.1, 0.15) is 19.4 Å². The Balaban J connectivity index is 2.72. The molecular weight excluding hydrogens is 305 g/mol. The molecule has 1 N–H and O–H groups in total. The SMILES string of the molecule is CCOP(=O)(CNC(Cc1ccccc1)C(=O)OC)OCC. The maximum absolute atomic E-state index is 12.4. The van der Waals surface area contributed by atoms with E-state index in [0.717, 1.165) is 5.56 Å². The van der Waals surface area contributed by atoms with E-state index < -0.39 is 19.6 Å². The maximum Gasteiger partial charge on any atom is 0.344 e. The molecule has 7 heteroatoms. The third kappa shape index (κ3) is 6.28. The largest absolute Gasteiger partial charge is 0.468 e. The summed E-state index contributed by atoms with van der Waals surface area (Å²) in [5.74, 6) is -0.414. The van der Waals surface area contributed by atoms with Crippen LogP contribution in [0.25, 0.3) is 0 Å². The van der Waals surface area contributed by atoms with Crippen LogP contribution in [-0.2, 0) is 29.6 Å². The van der Waals surface area contributed by atoms with Gasteiger partial charge >= 0.3 is 13.6 Å². The molecule has 1 atom stereocenters. The lowest BCUT2D eigenvalue weighted by atomic mass is 10.1. The van der Waals surface area contributed by atoms with Crippen molar-refractivity contribution in [3.63, 3.8) is 0 Å². The quantitative estimate of drug-likeness (QED) is 0.525. The summed E-state index contributed by atoms with van der Waals surface area (Å²) in [6, 6.07) is 8.93. The molecule has 0 spiro atoms. The van der Waals surface area contributed by atoms with E-state index in [4.69, 9.17) is 13.8 Å². The molecule has 22 heavy (non-hydrogen) atoms. The highest BCUT2D eigenvalue weighted by atomic mass is 31.2. The summed E-state index contributed by atoms with van der Waals surface area (Å²) < 4.78 is 27.6. The number of benzene rings is 1. The lowest BCUT2D eigenvalue weighted by Crippen LogP contribution is -2.40. The summed E-state index contributed by atoms with van der Waals surface area (Å²) in [5, 5.41) is 2.94. The molecule has 0 amide bonds. The predicted molar refractivity (Wildman–Crippen MR) is 84.8 cm³/mol. The monoisotopic (exact) mass is 329 g/mol. The van der Waals surface area contributed by atoms with Crippen molar-refractivity contribution < 1.29 is 23.1 Å². The Kier molecular flexibility index (Phi) is 8.35. The molecule has 1 aromatic carbocycles. The molecule has 0 fully saturated rings. The molecule has 0 saturated carbocycles. The van der Waals surface area contributed by atoms with E-state index in [-0.39, 0.29) is 19.5 Å². The average Bonchev–Trinajstić information content (AvgIpc) is 2.52. The highest BCUT2D eigenvalue weighted by Crippen LogP contribution is 2.46. The Morgan fingerprint density at radius 2 is 1.77 bits per heavy atom. The Hall–Kier alpha value is -1.20. The first kappa shape index (κ1) is 18.8. The summed E-state index contributed by atoms with van der Waals surface area (Å²) in [6.07, 6.45) is 0.396. The molecule has 0 aliphatic rings. The molecule has 0 heterocycles. The number of carbonyl (C=O) groups is 1. The Bertz CT molecular complexity index is 484. The topological polar surface area (TPSA) is 73.9 Å². The van der Waals surface area contributed by atoms with Gasteiger partial charge in [0, 0.05) is 0 Å². The van der Waals surface area contributed by atoms with Crippen LogP contribution in [0.3, 0.4) is 0 Å². The third-order valence-electron chi connectivity index (χ3n) is 2.95.